The third kappa shape index (κ3) is 3.44. The van der Waals surface area contributed by atoms with Gasteiger partial charge in [-0.25, -0.2) is 0 Å². The van der Waals surface area contributed by atoms with Crippen LogP contribution in [0.4, 0.5) is 0 Å². The fourth-order valence-corrected chi connectivity index (χ4v) is 4.69. The highest BCUT2D eigenvalue weighted by Crippen LogP contribution is 2.28. The lowest BCUT2D eigenvalue weighted by Crippen LogP contribution is -2.61. The highest BCUT2D eigenvalue weighted by Gasteiger charge is 2.35. The van der Waals surface area contributed by atoms with Crippen molar-refractivity contribution in [1.82, 2.24) is 9.80 Å². The van der Waals surface area contributed by atoms with Crippen LogP contribution in [-0.2, 0) is 24.2 Å². The van der Waals surface area contributed by atoms with Crippen molar-refractivity contribution in [2.45, 2.75) is 31.8 Å². The van der Waals surface area contributed by atoms with E-state index >= 15 is 0 Å². The number of fused-ring (bicyclic) bond motifs is 1. The van der Waals surface area contributed by atoms with Gasteiger partial charge in [0.25, 0.3) is 0 Å². The second-order valence-corrected chi connectivity index (χ2v) is 8.58. The predicted octanol–water partition coefficient (Wildman–Crippen LogP) is 3.71. The molecule has 3 heterocycles. The van der Waals surface area contributed by atoms with Gasteiger partial charge >= 0.3 is 0 Å². The smallest absolute Gasteiger partial charge is 0.223 e. The number of carbonyl (C=O) groups is 1. The lowest BCUT2D eigenvalue weighted by Gasteiger charge is -2.46. The molecular formula is C19H21BrN2OS. The summed E-state index contributed by atoms with van der Waals surface area (Å²) in [5.74, 6) is 0.294. The molecule has 1 aromatic heterocycles. The first-order valence-corrected chi connectivity index (χ1v) is 10.2. The number of rotatable bonds is 4. The molecule has 0 spiro atoms. The number of carbonyl (C=O) groups excluding carboxylic acids is 1. The minimum absolute atomic E-state index is 0.294. The van der Waals surface area contributed by atoms with Crippen LogP contribution in [0.5, 0.6) is 0 Å². The Labute approximate surface area is 155 Å². The number of hydrogen-bond donors (Lipinski definition) is 0. The Balaban J connectivity index is 1.24. The minimum atomic E-state index is 0.294. The molecule has 0 aliphatic carbocycles. The Morgan fingerprint density at radius 3 is 2.79 bits per heavy atom. The van der Waals surface area contributed by atoms with Crippen LogP contribution in [0.15, 0.2) is 40.2 Å². The Morgan fingerprint density at radius 1 is 1.21 bits per heavy atom. The summed E-state index contributed by atoms with van der Waals surface area (Å²) in [6.07, 6.45) is 2.61. The zero-order valence-corrected chi connectivity index (χ0v) is 16.0. The fourth-order valence-electron chi connectivity index (χ4n) is 3.53. The van der Waals surface area contributed by atoms with Gasteiger partial charge in [-0.05, 0) is 47.5 Å². The van der Waals surface area contributed by atoms with Gasteiger partial charge in [-0.3, -0.25) is 9.69 Å². The molecule has 1 aromatic carbocycles. The Hall–Kier alpha value is -1.17. The van der Waals surface area contributed by atoms with Crippen LogP contribution >= 0.6 is 27.3 Å². The summed E-state index contributed by atoms with van der Waals surface area (Å²) in [6.45, 7) is 4.00. The van der Waals surface area contributed by atoms with Crippen LogP contribution in [0.2, 0.25) is 0 Å². The number of hydrogen-bond acceptors (Lipinski definition) is 3. The molecule has 0 bridgehead atoms. The number of thiophene rings is 1. The Kier molecular flexibility index (Phi) is 4.74. The summed E-state index contributed by atoms with van der Waals surface area (Å²) in [5, 5.41) is 2.20. The zero-order chi connectivity index (χ0) is 16.5. The quantitative estimate of drug-likeness (QED) is 0.774. The van der Waals surface area contributed by atoms with E-state index in [1.807, 2.05) is 28.4 Å². The standard InChI is InChI=1S/C19H21BrN2OS/c20-16-4-1-14(2-5-16)3-6-19(23)22-12-17(13-22)21-9-7-18-15(11-21)8-10-24-18/h1-2,4-5,8,10,17H,3,6-7,9,11-13H2. The largest absolute Gasteiger partial charge is 0.339 e. The third-order valence-electron chi connectivity index (χ3n) is 5.11. The molecule has 0 saturated carbocycles. The molecule has 2 aliphatic rings. The molecular weight excluding hydrogens is 384 g/mol. The SMILES string of the molecule is O=C(CCc1ccc(Br)cc1)N1CC(N2CCc3sccc3C2)C1. The molecule has 4 rings (SSSR count). The molecule has 24 heavy (non-hydrogen) atoms. The molecule has 1 saturated heterocycles. The van der Waals surface area contributed by atoms with Crippen LogP contribution < -0.4 is 0 Å². The van der Waals surface area contributed by atoms with Crippen LogP contribution in [0.3, 0.4) is 0 Å². The molecule has 2 aromatic rings. The van der Waals surface area contributed by atoms with E-state index in [9.17, 15) is 4.79 Å². The van der Waals surface area contributed by atoms with Gasteiger partial charge in [0, 0.05) is 48.0 Å². The highest BCUT2D eigenvalue weighted by atomic mass is 79.9. The van der Waals surface area contributed by atoms with Crippen molar-refractivity contribution in [3.63, 3.8) is 0 Å². The van der Waals surface area contributed by atoms with Crippen LogP contribution in [0.25, 0.3) is 0 Å². The van der Waals surface area contributed by atoms with E-state index in [0.717, 1.165) is 37.1 Å². The second-order valence-electron chi connectivity index (χ2n) is 6.67. The van der Waals surface area contributed by atoms with Crippen molar-refractivity contribution in [1.29, 1.82) is 0 Å². The van der Waals surface area contributed by atoms with Crippen LogP contribution in [-0.4, -0.2) is 41.4 Å². The Morgan fingerprint density at radius 2 is 2.00 bits per heavy atom. The third-order valence-corrected chi connectivity index (χ3v) is 6.66. The van der Waals surface area contributed by atoms with Gasteiger partial charge in [0.15, 0.2) is 0 Å². The molecule has 3 nitrogen and oxygen atoms in total. The Bertz CT molecular complexity index is 721. The average molecular weight is 405 g/mol. The van der Waals surface area contributed by atoms with E-state index in [1.54, 1.807) is 4.88 Å². The van der Waals surface area contributed by atoms with E-state index in [2.05, 4.69) is 44.4 Å². The second kappa shape index (κ2) is 6.98. The number of nitrogens with zero attached hydrogens (tertiary/aromatic N) is 2. The topological polar surface area (TPSA) is 23.6 Å². The molecule has 0 unspecified atom stereocenters. The fraction of sp³-hybridized carbons (Fsp3) is 0.421. The van der Waals surface area contributed by atoms with Gasteiger partial charge in [0.05, 0.1) is 0 Å². The van der Waals surface area contributed by atoms with Gasteiger partial charge in [-0.1, -0.05) is 28.1 Å². The maximum atomic E-state index is 12.4. The maximum absolute atomic E-state index is 12.4. The van der Waals surface area contributed by atoms with E-state index in [1.165, 1.54) is 17.5 Å². The predicted molar refractivity (Wildman–Crippen MR) is 101 cm³/mol. The number of benzene rings is 1. The van der Waals surface area contributed by atoms with E-state index in [-0.39, 0.29) is 0 Å². The van der Waals surface area contributed by atoms with Crippen molar-refractivity contribution in [2.75, 3.05) is 19.6 Å². The molecule has 0 N–H and O–H groups in total. The molecule has 0 radical (unpaired) electrons. The summed E-state index contributed by atoms with van der Waals surface area (Å²) in [5.41, 5.74) is 2.72. The van der Waals surface area contributed by atoms with E-state index < -0.39 is 0 Å². The first kappa shape index (κ1) is 16.3. The first-order chi connectivity index (χ1) is 11.7. The summed E-state index contributed by atoms with van der Waals surface area (Å²) < 4.78 is 1.08. The monoisotopic (exact) mass is 404 g/mol. The number of halogens is 1. The summed E-state index contributed by atoms with van der Waals surface area (Å²) in [6, 6.07) is 11.1. The van der Waals surface area contributed by atoms with E-state index in [4.69, 9.17) is 0 Å². The average Bonchev–Trinajstić information content (AvgIpc) is 3.01. The number of likely N-dealkylation sites (tertiary alicyclic amines) is 1. The number of aryl methyl sites for hydroxylation is 1. The summed E-state index contributed by atoms with van der Waals surface area (Å²) >= 11 is 5.32. The zero-order valence-electron chi connectivity index (χ0n) is 13.6. The van der Waals surface area contributed by atoms with E-state index in [0.29, 0.717) is 18.4 Å². The summed E-state index contributed by atoms with van der Waals surface area (Å²) in [4.78, 5) is 18.5. The molecule has 1 amide bonds. The van der Waals surface area contributed by atoms with Crippen molar-refractivity contribution < 1.29 is 4.79 Å². The van der Waals surface area contributed by atoms with Crippen LogP contribution in [0, 0.1) is 0 Å². The molecule has 5 heteroatoms. The van der Waals surface area contributed by atoms with Crippen molar-refractivity contribution in [2.24, 2.45) is 0 Å². The van der Waals surface area contributed by atoms with Crippen molar-refractivity contribution in [3.05, 3.63) is 56.2 Å². The molecule has 2 aliphatic heterocycles. The van der Waals surface area contributed by atoms with Crippen molar-refractivity contribution >= 4 is 33.2 Å². The lowest BCUT2D eigenvalue weighted by atomic mass is 10.0. The van der Waals surface area contributed by atoms with Gasteiger partial charge < -0.3 is 4.90 Å². The minimum Gasteiger partial charge on any atom is -0.339 e. The van der Waals surface area contributed by atoms with Gasteiger partial charge in [0.2, 0.25) is 5.91 Å². The summed E-state index contributed by atoms with van der Waals surface area (Å²) in [7, 11) is 0. The lowest BCUT2D eigenvalue weighted by molar-refractivity contribution is -0.138. The highest BCUT2D eigenvalue weighted by molar-refractivity contribution is 9.10. The van der Waals surface area contributed by atoms with Crippen LogP contribution in [0.1, 0.15) is 22.4 Å². The maximum Gasteiger partial charge on any atom is 0.223 e. The van der Waals surface area contributed by atoms with Gasteiger partial charge in [-0.15, -0.1) is 11.3 Å². The van der Waals surface area contributed by atoms with Gasteiger partial charge in [0.1, 0.15) is 0 Å². The molecule has 0 atom stereocenters. The molecule has 126 valence electrons. The molecule has 1 fully saturated rings. The normalized spacial score (nSPS) is 18.3. The number of amides is 1. The van der Waals surface area contributed by atoms with Crippen molar-refractivity contribution in [3.8, 4) is 0 Å². The van der Waals surface area contributed by atoms with Gasteiger partial charge in [-0.2, -0.15) is 0 Å². The first-order valence-electron chi connectivity index (χ1n) is 8.50.